The zero-order valence-electron chi connectivity index (χ0n) is 18.5. The molecule has 1 saturated heterocycles. The maximum absolute atomic E-state index is 13.6. The zero-order chi connectivity index (χ0) is 22.9. The Bertz CT molecular complexity index is 1100. The third-order valence-electron chi connectivity index (χ3n) is 6.23. The van der Waals surface area contributed by atoms with Crippen molar-refractivity contribution in [2.24, 2.45) is 0 Å². The molecule has 1 atom stereocenters. The second kappa shape index (κ2) is 9.19. The van der Waals surface area contributed by atoms with Crippen LogP contribution < -0.4 is 4.74 Å². The number of piperidine rings is 1. The summed E-state index contributed by atoms with van der Waals surface area (Å²) in [6.45, 7) is 2.64. The lowest BCUT2D eigenvalue weighted by Gasteiger charge is -2.32. The van der Waals surface area contributed by atoms with Crippen LogP contribution in [0.2, 0.25) is 0 Å². The van der Waals surface area contributed by atoms with Crippen molar-refractivity contribution in [3.63, 3.8) is 0 Å². The van der Waals surface area contributed by atoms with Gasteiger partial charge in [-0.15, -0.1) is 0 Å². The van der Waals surface area contributed by atoms with E-state index in [4.69, 9.17) is 4.74 Å². The summed E-state index contributed by atoms with van der Waals surface area (Å²) >= 11 is 0. The monoisotopic (exact) mass is 460 g/mol. The first-order chi connectivity index (χ1) is 15.3. The van der Waals surface area contributed by atoms with Crippen molar-refractivity contribution >= 4 is 15.9 Å². The van der Waals surface area contributed by atoms with Crippen LogP contribution in [0.4, 0.5) is 4.39 Å². The number of hydrogen-bond donors (Lipinski definition) is 0. The quantitative estimate of drug-likeness (QED) is 0.621. The Morgan fingerprint density at radius 1 is 1.16 bits per heavy atom. The Morgan fingerprint density at radius 2 is 1.94 bits per heavy atom. The maximum Gasteiger partial charge on any atom is 0.254 e. The van der Waals surface area contributed by atoms with E-state index in [0.717, 1.165) is 32.1 Å². The van der Waals surface area contributed by atoms with Crippen LogP contribution in [-0.4, -0.2) is 49.3 Å². The Balaban J connectivity index is 1.66. The van der Waals surface area contributed by atoms with Crippen molar-refractivity contribution in [3.05, 3.63) is 59.4 Å². The number of rotatable bonds is 7. The van der Waals surface area contributed by atoms with E-state index >= 15 is 0 Å². The highest BCUT2D eigenvalue weighted by molar-refractivity contribution is 7.89. The molecule has 172 valence electrons. The maximum atomic E-state index is 13.6. The number of nitrogens with zero attached hydrogens (tertiary/aromatic N) is 2. The molecule has 1 unspecified atom stereocenters. The Morgan fingerprint density at radius 3 is 2.59 bits per heavy atom. The molecule has 0 radical (unpaired) electrons. The van der Waals surface area contributed by atoms with Gasteiger partial charge in [-0.1, -0.05) is 18.6 Å². The first kappa shape index (κ1) is 22.7. The highest BCUT2D eigenvalue weighted by Crippen LogP contribution is 2.34. The van der Waals surface area contributed by atoms with Gasteiger partial charge in [-0.3, -0.25) is 4.79 Å². The van der Waals surface area contributed by atoms with E-state index < -0.39 is 10.0 Å². The highest BCUT2D eigenvalue weighted by Gasteiger charge is 2.36. The van der Waals surface area contributed by atoms with Gasteiger partial charge in [0.2, 0.25) is 10.0 Å². The van der Waals surface area contributed by atoms with E-state index in [2.05, 4.69) is 0 Å². The fourth-order valence-electron chi connectivity index (χ4n) is 4.32. The van der Waals surface area contributed by atoms with Crippen LogP contribution in [0, 0.1) is 5.82 Å². The van der Waals surface area contributed by atoms with Crippen LogP contribution >= 0.6 is 0 Å². The van der Waals surface area contributed by atoms with Gasteiger partial charge in [-0.2, -0.15) is 4.31 Å². The number of carbonyl (C=O) groups excluding carboxylic acids is 1. The molecule has 2 aromatic carbocycles. The van der Waals surface area contributed by atoms with E-state index in [-0.39, 0.29) is 46.6 Å². The second-order valence-corrected chi connectivity index (χ2v) is 10.5. The van der Waals surface area contributed by atoms with E-state index in [9.17, 15) is 17.6 Å². The van der Waals surface area contributed by atoms with Gasteiger partial charge in [-0.05, 0) is 68.5 Å². The molecule has 2 aliphatic rings. The number of halogens is 1. The predicted octanol–water partition coefficient (Wildman–Crippen LogP) is 4.20. The molecule has 1 saturated carbocycles. The molecule has 8 heteroatoms. The molecule has 4 rings (SSSR count). The minimum atomic E-state index is -3.82. The lowest BCUT2D eigenvalue weighted by molar-refractivity contribution is 0.0729. The minimum Gasteiger partial charge on any atom is -0.495 e. The molecular weight excluding hydrogens is 431 g/mol. The van der Waals surface area contributed by atoms with Gasteiger partial charge < -0.3 is 9.64 Å². The molecule has 1 aliphatic heterocycles. The molecule has 32 heavy (non-hydrogen) atoms. The van der Waals surface area contributed by atoms with Gasteiger partial charge in [0, 0.05) is 30.7 Å². The molecule has 1 heterocycles. The summed E-state index contributed by atoms with van der Waals surface area (Å²) < 4.78 is 47.5. The number of methoxy groups -OCH3 is 1. The topological polar surface area (TPSA) is 66.9 Å². The summed E-state index contributed by atoms with van der Waals surface area (Å²) in [5.74, 6) is -0.385. The number of carbonyl (C=O) groups is 1. The van der Waals surface area contributed by atoms with Crippen LogP contribution in [0.25, 0.3) is 0 Å². The summed E-state index contributed by atoms with van der Waals surface area (Å²) in [7, 11) is -2.39. The summed E-state index contributed by atoms with van der Waals surface area (Å²) in [5.41, 5.74) is 0.992. The Labute approximate surface area is 189 Å². The molecule has 0 spiro atoms. The first-order valence-electron chi connectivity index (χ1n) is 11.1. The number of amides is 1. The highest BCUT2D eigenvalue weighted by atomic mass is 32.2. The average molecular weight is 461 g/mol. The fourth-order valence-corrected chi connectivity index (χ4v) is 6.20. The van der Waals surface area contributed by atoms with Gasteiger partial charge in [0.25, 0.3) is 5.91 Å². The van der Waals surface area contributed by atoms with Crippen molar-refractivity contribution in [3.8, 4) is 5.75 Å². The summed E-state index contributed by atoms with van der Waals surface area (Å²) in [4.78, 5) is 15.1. The molecule has 2 fully saturated rings. The van der Waals surface area contributed by atoms with Gasteiger partial charge in [0.15, 0.2) is 0 Å². The smallest absolute Gasteiger partial charge is 0.254 e. The van der Waals surface area contributed by atoms with Crippen LogP contribution in [0.15, 0.2) is 47.4 Å². The molecule has 0 bridgehead atoms. The average Bonchev–Trinajstić information content (AvgIpc) is 3.62. The summed E-state index contributed by atoms with van der Waals surface area (Å²) in [5, 5.41) is 0. The van der Waals surface area contributed by atoms with Crippen molar-refractivity contribution in [2.45, 2.75) is 62.6 Å². The Kier molecular flexibility index (Phi) is 6.53. The number of ether oxygens (including phenoxy) is 1. The zero-order valence-corrected chi connectivity index (χ0v) is 19.3. The van der Waals surface area contributed by atoms with Gasteiger partial charge in [0.1, 0.15) is 16.5 Å². The molecule has 2 aromatic rings. The minimum absolute atomic E-state index is 0.0149. The van der Waals surface area contributed by atoms with Crippen molar-refractivity contribution < 1.29 is 22.3 Å². The standard InChI is InChI=1S/C24H29FN2O4S/c1-17-6-3-4-13-27(17)32(29,30)23-15-19(9-12-22(23)31-2)24(28)26(21-10-11-21)16-18-7-5-8-20(25)14-18/h5,7-9,12,14-15,17,21H,3-4,6,10-11,13,16H2,1-2H3. The lowest BCUT2D eigenvalue weighted by atomic mass is 10.1. The summed E-state index contributed by atoms with van der Waals surface area (Å²) in [6, 6.07) is 10.7. The van der Waals surface area contributed by atoms with Gasteiger partial charge in [-0.25, -0.2) is 12.8 Å². The third kappa shape index (κ3) is 4.66. The van der Waals surface area contributed by atoms with Crippen LogP contribution in [0.5, 0.6) is 5.75 Å². The molecular formula is C24H29FN2O4S. The van der Waals surface area contributed by atoms with Gasteiger partial charge >= 0.3 is 0 Å². The summed E-state index contributed by atoms with van der Waals surface area (Å²) in [6.07, 6.45) is 4.39. The van der Waals surface area contributed by atoms with Crippen LogP contribution in [-0.2, 0) is 16.6 Å². The third-order valence-corrected chi connectivity index (χ3v) is 8.26. The Hall–Kier alpha value is -2.45. The van der Waals surface area contributed by atoms with Crippen LogP contribution in [0.1, 0.15) is 54.9 Å². The van der Waals surface area contributed by atoms with E-state index in [0.29, 0.717) is 12.1 Å². The normalized spacial score (nSPS) is 19.5. The lowest BCUT2D eigenvalue weighted by Crippen LogP contribution is -2.42. The number of sulfonamides is 1. The molecule has 6 nitrogen and oxygen atoms in total. The van der Waals surface area contributed by atoms with E-state index in [1.807, 2.05) is 6.92 Å². The first-order valence-corrected chi connectivity index (χ1v) is 12.5. The van der Waals surface area contributed by atoms with E-state index in [1.165, 1.54) is 29.6 Å². The predicted molar refractivity (Wildman–Crippen MR) is 119 cm³/mol. The number of benzene rings is 2. The molecule has 1 amide bonds. The SMILES string of the molecule is COc1ccc(C(=O)N(Cc2cccc(F)c2)C2CC2)cc1S(=O)(=O)N1CCCCC1C. The molecule has 1 aliphatic carbocycles. The number of hydrogen-bond acceptors (Lipinski definition) is 4. The molecule has 0 aromatic heterocycles. The van der Waals surface area contributed by atoms with Crippen molar-refractivity contribution in [1.82, 2.24) is 9.21 Å². The van der Waals surface area contributed by atoms with E-state index in [1.54, 1.807) is 29.2 Å². The second-order valence-electron chi connectivity index (χ2n) is 8.62. The largest absolute Gasteiger partial charge is 0.495 e. The fraction of sp³-hybridized carbons (Fsp3) is 0.458. The van der Waals surface area contributed by atoms with Crippen molar-refractivity contribution in [1.29, 1.82) is 0 Å². The van der Waals surface area contributed by atoms with Crippen molar-refractivity contribution in [2.75, 3.05) is 13.7 Å². The molecule has 0 N–H and O–H groups in total. The van der Waals surface area contributed by atoms with Gasteiger partial charge in [0.05, 0.1) is 7.11 Å². The van der Waals surface area contributed by atoms with Crippen LogP contribution in [0.3, 0.4) is 0 Å².